The molecule has 0 saturated carbocycles. The number of rotatable bonds is 3. The second-order valence-corrected chi connectivity index (χ2v) is 2.97. The Morgan fingerprint density at radius 2 is 2.08 bits per heavy atom. The summed E-state index contributed by atoms with van der Waals surface area (Å²) in [5, 5.41) is 1.27. The maximum absolute atomic E-state index is 5.35. The van der Waals surface area contributed by atoms with Crippen molar-refractivity contribution in [2.45, 2.75) is 13.7 Å². The van der Waals surface area contributed by atoms with E-state index in [2.05, 4.69) is 29.0 Å². The number of ether oxygens (including phenoxy) is 1. The van der Waals surface area contributed by atoms with Gasteiger partial charge in [-0.2, -0.15) is 0 Å². The Morgan fingerprint density at radius 1 is 1.23 bits per heavy atom. The van der Waals surface area contributed by atoms with E-state index in [0.717, 1.165) is 6.61 Å². The van der Waals surface area contributed by atoms with Crippen molar-refractivity contribution in [3.05, 3.63) is 36.5 Å². The van der Waals surface area contributed by atoms with Crippen molar-refractivity contribution in [2.24, 2.45) is 0 Å². The van der Waals surface area contributed by atoms with Crippen molar-refractivity contribution in [3.63, 3.8) is 0 Å². The van der Waals surface area contributed by atoms with Gasteiger partial charge < -0.3 is 9.30 Å². The first-order valence-electron chi connectivity index (χ1n) is 4.53. The van der Waals surface area contributed by atoms with Crippen LogP contribution in [0.5, 0.6) is 0 Å². The molecule has 0 aliphatic carbocycles. The van der Waals surface area contributed by atoms with Gasteiger partial charge in [0.25, 0.3) is 0 Å². The lowest BCUT2D eigenvalue weighted by molar-refractivity contribution is 0.0909. The molecule has 0 amide bonds. The van der Waals surface area contributed by atoms with Crippen molar-refractivity contribution < 1.29 is 4.74 Å². The summed E-state index contributed by atoms with van der Waals surface area (Å²) in [5.74, 6) is 0. The molecule has 0 aliphatic rings. The molecule has 0 aliphatic heterocycles. The number of para-hydroxylation sites is 1. The Labute approximate surface area is 77.7 Å². The molecule has 13 heavy (non-hydrogen) atoms. The van der Waals surface area contributed by atoms with Crippen molar-refractivity contribution in [1.82, 2.24) is 4.57 Å². The minimum atomic E-state index is 0.643. The van der Waals surface area contributed by atoms with Crippen LogP contribution in [0, 0.1) is 0 Å². The fraction of sp³-hybridized carbons (Fsp3) is 0.273. The highest BCUT2D eigenvalue weighted by molar-refractivity contribution is 5.79. The van der Waals surface area contributed by atoms with E-state index in [4.69, 9.17) is 4.74 Å². The summed E-state index contributed by atoms with van der Waals surface area (Å²) in [7, 11) is 0. The Balaban J connectivity index is 2.35. The predicted octanol–water partition coefficient (Wildman–Crippen LogP) is 2.64. The fourth-order valence-corrected chi connectivity index (χ4v) is 1.44. The first-order valence-corrected chi connectivity index (χ1v) is 4.53. The molecule has 0 atom stereocenters. The third-order valence-corrected chi connectivity index (χ3v) is 2.11. The molecule has 0 fully saturated rings. The maximum Gasteiger partial charge on any atom is 0.122 e. The lowest BCUT2D eigenvalue weighted by atomic mass is 10.2. The van der Waals surface area contributed by atoms with Crippen molar-refractivity contribution in [2.75, 3.05) is 6.61 Å². The predicted molar refractivity (Wildman–Crippen MR) is 53.6 cm³/mol. The third kappa shape index (κ3) is 1.58. The minimum absolute atomic E-state index is 0.643. The van der Waals surface area contributed by atoms with Gasteiger partial charge in [0.1, 0.15) is 6.73 Å². The Hall–Kier alpha value is -1.28. The van der Waals surface area contributed by atoms with E-state index in [1.807, 2.05) is 19.1 Å². The van der Waals surface area contributed by atoms with Gasteiger partial charge in [-0.1, -0.05) is 18.2 Å². The van der Waals surface area contributed by atoms with E-state index in [-0.39, 0.29) is 0 Å². The molecule has 2 heteroatoms. The molecule has 0 unspecified atom stereocenters. The van der Waals surface area contributed by atoms with Gasteiger partial charge in [-0.05, 0) is 24.4 Å². The summed E-state index contributed by atoms with van der Waals surface area (Å²) in [4.78, 5) is 0. The summed E-state index contributed by atoms with van der Waals surface area (Å²) in [6.45, 7) is 3.40. The monoisotopic (exact) mass is 175 g/mol. The lowest BCUT2D eigenvalue weighted by Crippen LogP contribution is -1.99. The van der Waals surface area contributed by atoms with Gasteiger partial charge in [0.2, 0.25) is 0 Å². The zero-order chi connectivity index (χ0) is 9.10. The summed E-state index contributed by atoms with van der Waals surface area (Å²) >= 11 is 0. The highest BCUT2D eigenvalue weighted by atomic mass is 16.5. The molecule has 0 radical (unpaired) electrons. The molecule has 1 aromatic heterocycles. The summed E-state index contributed by atoms with van der Waals surface area (Å²) in [6, 6.07) is 10.4. The molecule has 2 aromatic rings. The maximum atomic E-state index is 5.35. The number of fused-ring (bicyclic) bond motifs is 1. The van der Waals surface area contributed by atoms with E-state index in [9.17, 15) is 0 Å². The van der Waals surface area contributed by atoms with E-state index in [1.54, 1.807) is 0 Å². The van der Waals surface area contributed by atoms with E-state index in [0.29, 0.717) is 6.73 Å². The Morgan fingerprint density at radius 3 is 2.92 bits per heavy atom. The molecule has 68 valence electrons. The molecular weight excluding hydrogens is 162 g/mol. The van der Waals surface area contributed by atoms with Crippen molar-refractivity contribution in [1.29, 1.82) is 0 Å². The quantitative estimate of drug-likeness (QED) is 0.699. The number of hydrogen-bond acceptors (Lipinski definition) is 1. The standard InChI is InChI=1S/C11H13NO/c1-2-13-9-12-8-7-10-5-3-4-6-11(10)12/h3-8H,2,9H2,1H3. The second kappa shape index (κ2) is 3.62. The second-order valence-electron chi connectivity index (χ2n) is 2.97. The zero-order valence-electron chi connectivity index (χ0n) is 7.73. The highest BCUT2D eigenvalue weighted by Gasteiger charge is 1.97. The van der Waals surface area contributed by atoms with E-state index in [1.165, 1.54) is 10.9 Å². The topological polar surface area (TPSA) is 14.2 Å². The van der Waals surface area contributed by atoms with E-state index >= 15 is 0 Å². The number of benzene rings is 1. The van der Waals surface area contributed by atoms with Crippen LogP contribution in [0.2, 0.25) is 0 Å². The molecule has 1 heterocycles. The number of nitrogens with zero attached hydrogens (tertiary/aromatic N) is 1. The van der Waals surface area contributed by atoms with Crippen LogP contribution in [-0.2, 0) is 11.5 Å². The normalized spacial score (nSPS) is 10.8. The molecule has 2 nitrogen and oxygen atoms in total. The van der Waals surface area contributed by atoms with Gasteiger partial charge in [-0.15, -0.1) is 0 Å². The number of hydrogen-bond donors (Lipinski definition) is 0. The molecule has 0 spiro atoms. The molecule has 0 N–H and O–H groups in total. The lowest BCUT2D eigenvalue weighted by Gasteiger charge is -2.04. The van der Waals surface area contributed by atoms with Crippen LogP contribution in [0.15, 0.2) is 36.5 Å². The largest absolute Gasteiger partial charge is 0.361 e. The average Bonchev–Trinajstić information content (AvgIpc) is 2.58. The van der Waals surface area contributed by atoms with Crippen molar-refractivity contribution >= 4 is 10.9 Å². The smallest absolute Gasteiger partial charge is 0.122 e. The third-order valence-electron chi connectivity index (χ3n) is 2.11. The van der Waals surface area contributed by atoms with Crippen LogP contribution in [0.3, 0.4) is 0 Å². The summed E-state index contributed by atoms with van der Waals surface area (Å²) in [5.41, 5.74) is 1.23. The van der Waals surface area contributed by atoms with E-state index < -0.39 is 0 Å². The van der Waals surface area contributed by atoms with Crippen molar-refractivity contribution in [3.8, 4) is 0 Å². The zero-order valence-corrected chi connectivity index (χ0v) is 7.73. The van der Waals surface area contributed by atoms with Crippen LogP contribution < -0.4 is 0 Å². The number of aromatic nitrogens is 1. The molecule has 2 rings (SSSR count). The van der Waals surface area contributed by atoms with Gasteiger partial charge in [-0.3, -0.25) is 0 Å². The SMILES string of the molecule is CCOCn1ccc2ccccc21. The van der Waals surface area contributed by atoms with Gasteiger partial charge in [-0.25, -0.2) is 0 Å². The average molecular weight is 175 g/mol. The van der Waals surface area contributed by atoms with Crippen LogP contribution in [-0.4, -0.2) is 11.2 Å². The van der Waals surface area contributed by atoms with Crippen LogP contribution in [0.25, 0.3) is 10.9 Å². The fourth-order valence-electron chi connectivity index (χ4n) is 1.44. The molecular formula is C11H13NO. The minimum Gasteiger partial charge on any atom is -0.361 e. The van der Waals surface area contributed by atoms with Gasteiger partial charge >= 0.3 is 0 Å². The Kier molecular flexibility index (Phi) is 2.32. The summed E-state index contributed by atoms with van der Waals surface area (Å²) in [6.07, 6.45) is 2.06. The van der Waals surface area contributed by atoms with Crippen LogP contribution >= 0.6 is 0 Å². The van der Waals surface area contributed by atoms with Gasteiger partial charge in [0, 0.05) is 18.3 Å². The first-order chi connectivity index (χ1) is 6.42. The molecule has 0 bridgehead atoms. The molecule has 1 aromatic carbocycles. The molecule has 0 saturated heterocycles. The van der Waals surface area contributed by atoms with Gasteiger partial charge in [0.15, 0.2) is 0 Å². The highest BCUT2D eigenvalue weighted by Crippen LogP contribution is 2.14. The van der Waals surface area contributed by atoms with Crippen LogP contribution in [0.1, 0.15) is 6.92 Å². The summed E-state index contributed by atoms with van der Waals surface area (Å²) < 4.78 is 7.46. The van der Waals surface area contributed by atoms with Crippen LogP contribution in [0.4, 0.5) is 0 Å². The van der Waals surface area contributed by atoms with Gasteiger partial charge in [0.05, 0.1) is 0 Å². The Bertz CT molecular complexity index is 392. The first kappa shape index (κ1) is 8.32.